The third kappa shape index (κ3) is 3.14. The number of carbonyl (C=O) groups is 1. The fourth-order valence-electron chi connectivity index (χ4n) is 3.86. The van der Waals surface area contributed by atoms with Gasteiger partial charge in [-0.05, 0) is 53.4 Å². The smallest absolute Gasteiger partial charge is 0.234 e. The Kier molecular flexibility index (Phi) is 4.65. The van der Waals surface area contributed by atoms with Crippen LogP contribution >= 0.6 is 0 Å². The number of amidine groups is 1. The van der Waals surface area contributed by atoms with Crippen LogP contribution in [0.2, 0.25) is 0 Å². The van der Waals surface area contributed by atoms with E-state index in [0.717, 1.165) is 30.9 Å². The second-order valence-electron chi connectivity index (χ2n) is 9.09. The highest BCUT2D eigenvalue weighted by Crippen LogP contribution is 2.35. The molecule has 2 aliphatic rings. The van der Waals surface area contributed by atoms with Crippen LogP contribution in [0.5, 0.6) is 0 Å². The molecule has 26 heavy (non-hydrogen) atoms. The van der Waals surface area contributed by atoms with Crippen molar-refractivity contribution in [3.8, 4) is 0 Å². The van der Waals surface area contributed by atoms with Crippen LogP contribution in [0.3, 0.4) is 0 Å². The molecule has 1 amide bonds. The van der Waals surface area contributed by atoms with Gasteiger partial charge in [0.15, 0.2) is 0 Å². The predicted molar refractivity (Wildman–Crippen MR) is 102 cm³/mol. The van der Waals surface area contributed by atoms with E-state index in [2.05, 4.69) is 52.0 Å². The maximum Gasteiger partial charge on any atom is 0.234 e. The highest BCUT2D eigenvalue weighted by atomic mass is 16.5. The Morgan fingerprint density at radius 1 is 1.35 bits per heavy atom. The van der Waals surface area contributed by atoms with Crippen molar-refractivity contribution >= 4 is 11.7 Å². The monoisotopic (exact) mass is 360 g/mol. The van der Waals surface area contributed by atoms with Crippen molar-refractivity contribution in [3.05, 3.63) is 17.5 Å². The molecule has 1 aromatic heterocycles. The number of nitrogens with one attached hydrogen (secondary N) is 1. The van der Waals surface area contributed by atoms with Gasteiger partial charge >= 0.3 is 0 Å². The lowest BCUT2D eigenvalue weighted by molar-refractivity contribution is -0.134. The highest BCUT2D eigenvalue weighted by molar-refractivity contribution is 5.95. The molecule has 0 spiro atoms. The van der Waals surface area contributed by atoms with Crippen molar-refractivity contribution < 1.29 is 9.32 Å². The lowest BCUT2D eigenvalue weighted by Gasteiger charge is -2.33. The lowest BCUT2D eigenvalue weighted by atomic mass is 9.85. The Labute approximate surface area is 156 Å². The second kappa shape index (κ2) is 6.39. The van der Waals surface area contributed by atoms with Crippen LogP contribution < -0.4 is 5.32 Å². The van der Waals surface area contributed by atoms with E-state index in [9.17, 15) is 4.79 Å². The van der Waals surface area contributed by atoms with Crippen molar-refractivity contribution in [2.75, 3.05) is 6.54 Å². The molecule has 3 rings (SSSR count). The number of likely N-dealkylation sites (tertiary alicyclic amines) is 1. The van der Waals surface area contributed by atoms with E-state index in [0.29, 0.717) is 5.76 Å². The first-order valence-electron chi connectivity index (χ1n) is 9.65. The predicted octanol–water partition coefficient (Wildman–Crippen LogP) is 3.27. The molecule has 2 unspecified atom stereocenters. The van der Waals surface area contributed by atoms with Crippen LogP contribution in [0.1, 0.15) is 71.8 Å². The molecule has 1 N–H and O–H groups in total. The fourth-order valence-corrected chi connectivity index (χ4v) is 3.86. The van der Waals surface area contributed by atoms with Gasteiger partial charge in [0.2, 0.25) is 5.91 Å². The lowest BCUT2D eigenvalue weighted by Crippen LogP contribution is -2.54. The molecular formula is C20H32N4O2. The summed E-state index contributed by atoms with van der Waals surface area (Å²) in [6.45, 7) is 15.4. The molecule has 0 radical (unpaired) electrons. The van der Waals surface area contributed by atoms with Gasteiger partial charge in [0, 0.05) is 12.6 Å². The van der Waals surface area contributed by atoms with Crippen LogP contribution in [0, 0.1) is 12.8 Å². The Hall–Kier alpha value is -1.85. The van der Waals surface area contributed by atoms with Gasteiger partial charge in [-0.1, -0.05) is 19.0 Å². The minimum atomic E-state index is -0.306. The molecule has 0 aliphatic carbocycles. The van der Waals surface area contributed by atoms with Crippen molar-refractivity contribution in [2.45, 2.75) is 84.3 Å². The first-order valence-corrected chi connectivity index (χ1v) is 9.65. The van der Waals surface area contributed by atoms with Crippen LogP contribution in [0.15, 0.2) is 15.6 Å². The Morgan fingerprint density at radius 3 is 2.54 bits per heavy atom. The van der Waals surface area contributed by atoms with Crippen molar-refractivity contribution in [1.29, 1.82) is 0 Å². The third-order valence-electron chi connectivity index (χ3n) is 6.11. The largest absolute Gasteiger partial charge is 0.365 e. The molecule has 144 valence electrons. The molecular weight excluding hydrogens is 328 g/mol. The summed E-state index contributed by atoms with van der Waals surface area (Å²) in [5.74, 6) is 1.56. The molecule has 1 fully saturated rings. The topological polar surface area (TPSA) is 70.7 Å². The first kappa shape index (κ1) is 18.9. The average molecular weight is 361 g/mol. The number of amides is 1. The Morgan fingerprint density at radius 2 is 2.04 bits per heavy atom. The van der Waals surface area contributed by atoms with Gasteiger partial charge in [0.05, 0.1) is 22.8 Å². The summed E-state index contributed by atoms with van der Waals surface area (Å²) in [5, 5.41) is 7.56. The summed E-state index contributed by atoms with van der Waals surface area (Å²) in [6, 6.07) is 1.90. The molecule has 0 saturated carbocycles. The molecule has 1 aromatic rings. The molecule has 2 atom stereocenters. The maximum absolute atomic E-state index is 13.4. The van der Waals surface area contributed by atoms with E-state index >= 15 is 0 Å². The van der Waals surface area contributed by atoms with E-state index < -0.39 is 0 Å². The first-order chi connectivity index (χ1) is 12.0. The summed E-state index contributed by atoms with van der Waals surface area (Å²) in [5.41, 5.74) is 0.486. The van der Waals surface area contributed by atoms with E-state index in [1.165, 1.54) is 0 Å². The maximum atomic E-state index is 13.4. The number of rotatable bonds is 4. The van der Waals surface area contributed by atoms with Gasteiger partial charge in [-0.3, -0.25) is 9.79 Å². The molecule has 6 heteroatoms. The number of nitrogens with zero attached hydrogens (tertiary/aromatic N) is 3. The molecule has 3 heterocycles. The zero-order valence-corrected chi connectivity index (χ0v) is 17.1. The number of carbonyl (C=O) groups excluding carboxylic acids is 1. The van der Waals surface area contributed by atoms with E-state index in [-0.39, 0.29) is 34.9 Å². The number of hydrogen-bond acceptors (Lipinski definition) is 5. The van der Waals surface area contributed by atoms with Gasteiger partial charge < -0.3 is 14.7 Å². The highest BCUT2D eigenvalue weighted by Gasteiger charge is 2.47. The van der Waals surface area contributed by atoms with Crippen LogP contribution in [0.4, 0.5) is 0 Å². The Balaban J connectivity index is 1.87. The van der Waals surface area contributed by atoms with Gasteiger partial charge in [0.25, 0.3) is 0 Å². The van der Waals surface area contributed by atoms with Crippen LogP contribution in [-0.2, 0) is 4.79 Å². The SMILES string of the molecule is Cc1cc(C(C(=O)N2CCCC2C2=NC(C)(C)C(C)(C)N2)C(C)C)on1. The quantitative estimate of drug-likeness (QED) is 0.894. The van der Waals surface area contributed by atoms with E-state index in [1.807, 2.05) is 17.9 Å². The minimum Gasteiger partial charge on any atom is -0.365 e. The molecule has 1 saturated heterocycles. The summed E-state index contributed by atoms with van der Waals surface area (Å²) in [7, 11) is 0. The van der Waals surface area contributed by atoms with Gasteiger partial charge in [-0.15, -0.1) is 0 Å². The van der Waals surface area contributed by atoms with E-state index in [1.54, 1.807) is 0 Å². The van der Waals surface area contributed by atoms with Crippen LogP contribution in [-0.4, -0.2) is 45.5 Å². The third-order valence-corrected chi connectivity index (χ3v) is 6.11. The standard InChI is InChI=1S/C20H32N4O2/c1-12(2)16(15-11-13(3)23-26-15)18(25)24-10-8-9-14(24)17-21-19(4,5)20(6,7)22-17/h11-12,14,16H,8-10H2,1-7H3,(H,21,22). The summed E-state index contributed by atoms with van der Waals surface area (Å²) < 4.78 is 5.45. The number of hydrogen-bond donors (Lipinski definition) is 1. The number of aliphatic imine (C=N–C) groups is 1. The molecule has 6 nitrogen and oxygen atoms in total. The average Bonchev–Trinajstić information content (AvgIpc) is 3.18. The zero-order chi connectivity index (χ0) is 19.3. The summed E-state index contributed by atoms with van der Waals surface area (Å²) >= 11 is 0. The van der Waals surface area contributed by atoms with Crippen LogP contribution in [0.25, 0.3) is 0 Å². The van der Waals surface area contributed by atoms with Crippen molar-refractivity contribution in [2.24, 2.45) is 10.9 Å². The van der Waals surface area contributed by atoms with Crippen molar-refractivity contribution in [3.63, 3.8) is 0 Å². The zero-order valence-electron chi connectivity index (χ0n) is 17.1. The van der Waals surface area contributed by atoms with Gasteiger partial charge in [-0.25, -0.2) is 0 Å². The molecule has 0 bridgehead atoms. The summed E-state index contributed by atoms with van der Waals surface area (Å²) in [6.07, 6.45) is 1.95. The fraction of sp³-hybridized carbons (Fsp3) is 0.750. The van der Waals surface area contributed by atoms with Gasteiger partial charge in [0.1, 0.15) is 17.5 Å². The second-order valence-corrected chi connectivity index (χ2v) is 9.09. The summed E-state index contributed by atoms with van der Waals surface area (Å²) in [4.78, 5) is 20.4. The minimum absolute atomic E-state index is 0.0221. The molecule has 2 aliphatic heterocycles. The number of aryl methyl sites for hydroxylation is 1. The van der Waals surface area contributed by atoms with Crippen molar-refractivity contribution in [1.82, 2.24) is 15.4 Å². The normalized spacial score (nSPS) is 25.3. The number of aromatic nitrogens is 1. The van der Waals surface area contributed by atoms with E-state index in [4.69, 9.17) is 9.52 Å². The Bertz CT molecular complexity index is 717. The molecule has 0 aromatic carbocycles. The van der Waals surface area contributed by atoms with Gasteiger partial charge in [-0.2, -0.15) is 0 Å².